The van der Waals surface area contributed by atoms with E-state index in [9.17, 15) is 0 Å². The van der Waals surface area contributed by atoms with Gasteiger partial charge in [0.2, 0.25) is 0 Å². The van der Waals surface area contributed by atoms with Gasteiger partial charge in [-0.2, -0.15) is 0 Å². The fourth-order valence-corrected chi connectivity index (χ4v) is 2.36. The van der Waals surface area contributed by atoms with Crippen molar-refractivity contribution in [1.82, 2.24) is 5.32 Å². The normalized spacial score (nSPS) is 17.0. The van der Waals surface area contributed by atoms with Gasteiger partial charge >= 0.3 is 0 Å². The van der Waals surface area contributed by atoms with E-state index in [-0.39, 0.29) is 0 Å². The summed E-state index contributed by atoms with van der Waals surface area (Å²) >= 11 is 0. The first kappa shape index (κ1) is 12.6. The largest absolute Gasteiger partial charge is 0.314 e. The van der Waals surface area contributed by atoms with Crippen molar-refractivity contribution in [3.63, 3.8) is 0 Å². The molecule has 0 amide bonds. The summed E-state index contributed by atoms with van der Waals surface area (Å²) in [5.74, 6) is 1.07. The maximum Gasteiger partial charge on any atom is 0.0105 e. The zero-order valence-corrected chi connectivity index (χ0v) is 11.0. The summed E-state index contributed by atoms with van der Waals surface area (Å²) in [5, 5.41) is 3.70. The Bertz CT molecular complexity index is 303. The lowest BCUT2D eigenvalue weighted by Gasteiger charge is -2.17. The van der Waals surface area contributed by atoms with Gasteiger partial charge in [0.1, 0.15) is 0 Å². The van der Waals surface area contributed by atoms with Gasteiger partial charge in [-0.1, -0.05) is 50.1 Å². The molecule has 0 heterocycles. The molecule has 0 radical (unpaired) electrons. The Labute approximate surface area is 106 Å². The van der Waals surface area contributed by atoms with Gasteiger partial charge in [-0.15, -0.1) is 0 Å². The van der Waals surface area contributed by atoms with Crippen LogP contribution < -0.4 is 5.32 Å². The maximum absolute atomic E-state index is 3.70. The first-order valence-electron chi connectivity index (χ1n) is 7.15. The van der Waals surface area contributed by atoms with Crippen LogP contribution in [0.3, 0.4) is 0 Å². The van der Waals surface area contributed by atoms with Crippen LogP contribution in [0.2, 0.25) is 0 Å². The summed E-state index contributed by atoms with van der Waals surface area (Å²) in [6, 6.07) is 11.5. The standard InChI is InChI=1S/C16H25N/c1-2-16(13-15-7-4-3-5-8-15)17-12-6-9-14-10-11-14/h3-5,7-8,14,16-17H,2,6,9-13H2,1H3. The maximum atomic E-state index is 3.70. The third kappa shape index (κ3) is 4.91. The van der Waals surface area contributed by atoms with Crippen LogP contribution >= 0.6 is 0 Å². The van der Waals surface area contributed by atoms with E-state index in [2.05, 4.69) is 42.6 Å². The third-order valence-corrected chi connectivity index (χ3v) is 3.74. The average molecular weight is 231 g/mol. The molecule has 1 aromatic carbocycles. The van der Waals surface area contributed by atoms with Crippen molar-refractivity contribution >= 4 is 0 Å². The molecule has 1 fully saturated rings. The summed E-state index contributed by atoms with van der Waals surface area (Å²) in [4.78, 5) is 0. The minimum atomic E-state index is 0.650. The fourth-order valence-electron chi connectivity index (χ4n) is 2.36. The summed E-state index contributed by atoms with van der Waals surface area (Å²) in [5.41, 5.74) is 1.45. The van der Waals surface area contributed by atoms with E-state index in [1.807, 2.05) is 0 Å². The van der Waals surface area contributed by atoms with E-state index in [4.69, 9.17) is 0 Å². The number of nitrogens with one attached hydrogen (secondary N) is 1. The van der Waals surface area contributed by atoms with Crippen LogP contribution in [0.1, 0.15) is 44.6 Å². The Hall–Kier alpha value is -0.820. The minimum absolute atomic E-state index is 0.650. The van der Waals surface area contributed by atoms with Gasteiger partial charge in [0.25, 0.3) is 0 Å². The minimum Gasteiger partial charge on any atom is -0.314 e. The van der Waals surface area contributed by atoms with Crippen LogP contribution in [-0.4, -0.2) is 12.6 Å². The molecule has 0 spiro atoms. The molecule has 2 rings (SSSR count). The molecule has 1 heteroatoms. The first-order chi connectivity index (χ1) is 8.38. The molecular weight excluding hydrogens is 206 g/mol. The van der Waals surface area contributed by atoms with Crippen LogP contribution in [0, 0.1) is 5.92 Å². The van der Waals surface area contributed by atoms with Crippen LogP contribution in [0.5, 0.6) is 0 Å². The van der Waals surface area contributed by atoms with Crippen molar-refractivity contribution in [3.8, 4) is 0 Å². The highest BCUT2D eigenvalue weighted by atomic mass is 14.9. The Morgan fingerprint density at radius 3 is 2.65 bits per heavy atom. The van der Waals surface area contributed by atoms with E-state index >= 15 is 0 Å². The van der Waals surface area contributed by atoms with E-state index < -0.39 is 0 Å². The van der Waals surface area contributed by atoms with Crippen molar-refractivity contribution in [3.05, 3.63) is 35.9 Å². The second-order valence-corrected chi connectivity index (χ2v) is 5.33. The molecule has 0 saturated heterocycles. The van der Waals surface area contributed by atoms with Crippen molar-refractivity contribution < 1.29 is 0 Å². The van der Waals surface area contributed by atoms with Crippen molar-refractivity contribution in [2.45, 2.75) is 51.5 Å². The van der Waals surface area contributed by atoms with Crippen LogP contribution in [0.25, 0.3) is 0 Å². The monoisotopic (exact) mass is 231 g/mol. The smallest absolute Gasteiger partial charge is 0.0105 e. The Kier molecular flexibility index (Phi) is 5.06. The number of hydrogen-bond acceptors (Lipinski definition) is 1. The summed E-state index contributed by atoms with van der Waals surface area (Å²) in [6.07, 6.45) is 8.16. The molecule has 94 valence electrons. The number of benzene rings is 1. The van der Waals surface area contributed by atoms with Gasteiger partial charge in [-0.05, 0) is 43.7 Å². The molecule has 17 heavy (non-hydrogen) atoms. The van der Waals surface area contributed by atoms with Crippen LogP contribution in [0.15, 0.2) is 30.3 Å². The third-order valence-electron chi connectivity index (χ3n) is 3.74. The quantitative estimate of drug-likeness (QED) is 0.671. The molecule has 1 aliphatic carbocycles. The highest BCUT2D eigenvalue weighted by Crippen LogP contribution is 2.33. The first-order valence-corrected chi connectivity index (χ1v) is 7.15. The predicted octanol–water partition coefficient (Wildman–Crippen LogP) is 3.79. The Morgan fingerprint density at radius 2 is 2.00 bits per heavy atom. The van der Waals surface area contributed by atoms with Gasteiger partial charge in [0.05, 0.1) is 0 Å². The van der Waals surface area contributed by atoms with Gasteiger partial charge in [0.15, 0.2) is 0 Å². The zero-order chi connectivity index (χ0) is 11.9. The summed E-state index contributed by atoms with van der Waals surface area (Å²) < 4.78 is 0. The van der Waals surface area contributed by atoms with E-state index in [1.165, 1.54) is 50.6 Å². The molecule has 1 atom stereocenters. The average Bonchev–Trinajstić information content (AvgIpc) is 3.18. The molecule has 1 saturated carbocycles. The van der Waals surface area contributed by atoms with Crippen molar-refractivity contribution in [1.29, 1.82) is 0 Å². The van der Waals surface area contributed by atoms with E-state index in [1.54, 1.807) is 0 Å². The Balaban J connectivity index is 1.65. The number of rotatable bonds is 8. The lowest BCUT2D eigenvalue weighted by molar-refractivity contribution is 0.477. The predicted molar refractivity (Wildman–Crippen MR) is 74.2 cm³/mol. The van der Waals surface area contributed by atoms with Crippen LogP contribution in [-0.2, 0) is 6.42 Å². The summed E-state index contributed by atoms with van der Waals surface area (Å²) in [7, 11) is 0. The molecule has 1 nitrogen and oxygen atoms in total. The van der Waals surface area contributed by atoms with Gasteiger partial charge in [-0.25, -0.2) is 0 Å². The van der Waals surface area contributed by atoms with E-state index in [0.29, 0.717) is 6.04 Å². The SMILES string of the molecule is CCC(Cc1ccccc1)NCCCC1CC1. The summed E-state index contributed by atoms with van der Waals surface area (Å²) in [6.45, 7) is 3.48. The van der Waals surface area contributed by atoms with Crippen molar-refractivity contribution in [2.75, 3.05) is 6.54 Å². The van der Waals surface area contributed by atoms with E-state index in [0.717, 1.165) is 5.92 Å². The highest BCUT2D eigenvalue weighted by molar-refractivity contribution is 5.15. The van der Waals surface area contributed by atoms with Crippen molar-refractivity contribution in [2.24, 2.45) is 5.92 Å². The lowest BCUT2D eigenvalue weighted by Crippen LogP contribution is -2.31. The highest BCUT2D eigenvalue weighted by Gasteiger charge is 2.20. The van der Waals surface area contributed by atoms with Gasteiger partial charge < -0.3 is 5.32 Å². The molecule has 1 N–H and O–H groups in total. The molecule has 1 unspecified atom stereocenters. The second kappa shape index (κ2) is 6.80. The lowest BCUT2D eigenvalue weighted by atomic mass is 10.0. The number of hydrogen-bond donors (Lipinski definition) is 1. The molecular formula is C16H25N. The van der Waals surface area contributed by atoms with Crippen LogP contribution in [0.4, 0.5) is 0 Å². The fraction of sp³-hybridized carbons (Fsp3) is 0.625. The molecule has 0 bridgehead atoms. The molecule has 0 aliphatic heterocycles. The molecule has 1 aromatic rings. The molecule has 0 aromatic heterocycles. The second-order valence-electron chi connectivity index (χ2n) is 5.33. The van der Waals surface area contributed by atoms with Gasteiger partial charge in [-0.3, -0.25) is 0 Å². The van der Waals surface area contributed by atoms with Gasteiger partial charge in [0, 0.05) is 6.04 Å². The molecule has 1 aliphatic rings. The zero-order valence-electron chi connectivity index (χ0n) is 11.0. The Morgan fingerprint density at radius 1 is 1.24 bits per heavy atom. The topological polar surface area (TPSA) is 12.0 Å².